The van der Waals surface area contributed by atoms with Gasteiger partial charge < -0.3 is 10.6 Å². The van der Waals surface area contributed by atoms with Gasteiger partial charge in [0.15, 0.2) is 0 Å². The smallest absolute Gasteiger partial charge is 0.215 e. The first-order valence-electron chi connectivity index (χ1n) is 5.89. The van der Waals surface area contributed by atoms with E-state index in [-0.39, 0.29) is 18.3 Å². The molecule has 96 valence electrons. The molecule has 2 N–H and O–H groups in total. The number of nitrogens with zero attached hydrogens (tertiary/aromatic N) is 2. The third-order valence-electron chi connectivity index (χ3n) is 3.05. The molecule has 0 radical (unpaired) electrons. The van der Waals surface area contributed by atoms with Gasteiger partial charge in [0, 0.05) is 25.7 Å². The van der Waals surface area contributed by atoms with E-state index in [1.54, 1.807) is 4.31 Å². The Hall–Kier alpha value is -0.170. The van der Waals surface area contributed by atoms with Gasteiger partial charge in [-0.05, 0) is 26.4 Å². The molecule has 0 aliphatic carbocycles. The van der Waals surface area contributed by atoms with Crippen LogP contribution in [0, 0.1) is 0 Å². The van der Waals surface area contributed by atoms with Crippen molar-refractivity contribution in [3.05, 3.63) is 0 Å². The Bertz CT molecular complexity index is 305. The standard InChI is InChI=1S/C10H23N3O2S/c1-3-10-9-12(2)6-4-7-13(10)16(14,15)8-5-11/h10H,3-9,11H2,1-2H3. The Kier molecular flexibility index (Phi) is 5.17. The van der Waals surface area contributed by atoms with E-state index in [9.17, 15) is 8.42 Å². The van der Waals surface area contributed by atoms with E-state index >= 15 is 0 Å². The summed E-state index contributed by atoms with van der Waals surface area (Å²) in [5, 5.41) is 0. The van der Waals surface area contributed by atoms with Crippen molar-refractivity contribution in [2.24, 2.45) is 5.73 Å². The van der Waals surface area contributed by atoms with E-state index in [2.05, 4.69) is 4.90 Å². The second-order valence-corrected chi connectivity index (χ2v) is 6.43. The SMILES string of the molecule is CCC1CN(C)CCCN1S(=O)(=O)CCN. The summed E-state index contributed by atoms with van der Waals surface area (Å²) in [5.41, 5.74) is 5.36. The molecule has 0 aromatic heterocycles. The molecule has 0 saturated carbocycles. The lowest BCUT2D eigenvalue weighted by molar-refractivity contribution is 0.270. The summed E-state index contributed by atoms with van der Waals surface area (Å²) in [7, 11) is -1.12. The summed E-state index contributed by atoms with van der Waals surface area (Å²) >= 11 is 0. The highest BCUT2D eigenvalue weighted by molar-refractivity contribution is 7.89. The van der Waals surface area contributed by atoms with Crippen molar-refractivity contribution in [1.82, 2.24) is 9.21 Å². The fourth-order valence-corrected chi connectivity index (χ4v) is 3.80. The van der Waals surface area contributed by atoms with E-state index < -0.39 is 10.0 Å². The molecule has 1 heterocycles. The Balaban J connectivity index is 2.83. The van der Waals surface area contributed by atoms with Crippen LogP contribution in [0.15, 0.2) is 0 Å². The van der Waals surface area contributed by atoms with Crippen LogP contribution in [0.25, 0.3) is 0 Å². The third kappa shape index (κ3) is 3.41. The summed E-state index contributed by atoms with van der Waals surface area (Å²) in [6.07, 6.45) is 1.75. The normalized spacial score (nSPS) is 25.6. The number of rotatable bonds is 4. The van der Waals surface area contributed by atoms with Crippen LogP contribution in [-0.2, 0) is 10.0 Å². The summed E-state index contributed by atoms with van der Waals surface area (Å²) in [4.78, 5) is 2.20. The summed E-state index contributed by atoms with van der Waals surface area (Å²) in [6.45, 7) is 4.65. The van der Waals surface area contributed by atoms with Crippen molar-refractivity contribution < 1.29 is 8.42 Å². The van der Waals surface area contributed by atoms with Gasteiger partial charge in [-0.25, -0.2) is 8.42 Å². The first-order valence-corrected chi connectivity index (χ1v) is 7.50. The predicted octanol–water partition coefficient (Wildman–Crippen LogP) is -0.309. The zero-order chi connectivity index (χ0) is 12.2. The third-order valence-corrected chi connectivity index (χ3v) is 5.00. The van der Waals surface area contributed by atoms with Crippen LogP contribution >= 0.6 is 0 Å². The molecular formula is C10H23N3O2S. The van der Waals surface area contributed by atoms with Gasteiger partial charge in [-0.1, -0.05) is 6.92 Å². The van der Waals surface area contributed by atoms with Gasteiger partial charge in [0.25, 0.3) is 0 Å². The maximum absolute atomic E-state index is 12.0. The first-order chi connectivity index (χ1) is 7.51. The van der Waals surface area contributed by atoms with Gasteiger partial charge in [0.2, 0.25) is 10.0 Å². The monoisotopic (exact) mass is 249 g/mol. The number of nitrogens with two attached hydrogens (primary N) is 1. The highest BCUT2D eigenvalue weighted by atomic mass is 32.2. The minimum atomic E-state index is -3.16. The predicted molar refractivity (Wildman–Crippen MR) is 65.7 cm³/mol. The molecule has 1 unspecified atom stereocenters. The average molecular weight is 249 g/mol. The van der Waals surface area contributed by atoms with Gasteiger partial charge in [-0.3, -0.25) is 0 Å². The van der Waals surface area contributed by atoms with E-state index in [4.69, 9.17) is 5.73 Å². The minimum absolute atomic E-state index is 0.0627. The van der Waals surface area contributed by atoms with Gasteiger partial charge in [0.05, 0.1) is 5.75 Å². The van der Waals surface area contributed by atoms with Crippen LogP contribution in [-0.4, -0.2) is 62.6 Å². The molecule has 0 bridgehead atoms. The van der Waals surface area contributed by atoms with Gasteiger partial charge in [-0.2, -0.15) is 4.31 Å². The zero-order valence-corrected chi connectivity index (χ0v) is 11.0. The lowest BCUT2D eigenvalue weighted by Crippen LogP contribution is -2.45. The Morgan fingerprint density at radius 1 is 1.38 bits per heavy atom. The van der Waals surface area contributed by atoms with Gasteiger partial charge >= 0.3 is 0 Å². The fraction of sp³-hybridized carbons (Fsp3) is 1.00. The van der Waals surface area contributed by atoms with E-state index in [1.807, 2.05) is 14.0 Å². The van der Waals surface area contributed by atoms with Crippen molar-refractivity contribution >= 4 is 10.0 Å². The van der Waals surface area contributed by atoms with E-state index in [0.29, 0.717) is 6.54 Å². The maximum atomic E-state index is 12.0. The topological polar surface area (TPSA) is 66.6 Å². The largest absolute Gasteiger partial charge is 0.329 e. The van der Waals surface area contributed by atoms with Crippen LogP contribution in [0.2, 0.25) is 0 Å². The van der Waals surface area contributed by atoms with Crippen LogP contribution < -0.4 is 5.73 Å². The molecule has 1 aliphatic rings. The highest BCUT2D eigenvalue weighted by Gasteiger charge is 2.30. The molecule has 0 aromatic rings. The van der Waals surface area contributed by atoms with Crippen molar-refractivity contribution in [3.8, 4) is 0 Å². The highest BCUT2D eigenvalue weighted by Crippen LogP contribution is 2.16. The quantitative estimate of drug-likeness (QED) is 0.742. The molecule has 0 amide bonds. The summed E-state index contributed by atoms with van der Waals surface area (Å²) in [5.74, 6) is 0.0627. The van der Waals surface area contributed by atoms with Crippen molar-refractivity contribution in [2.45, 2.75) is 25.8 Å². The number of likely N-dealkylation sites (N-methyl/N-ethyl adjacent to an activating group) is 1. The molecule has 1 fully saturated rings. The molecule has 0 spiro atoms. The molecule has 1 saturated heterocycles. The van der Waals surface area contributed by atoms with E-state index in [0.717, 1.165) is 25.9 Å². The Labute approximate surface area is 98.6 Å². The molecule has 1 aliphatic heterocycles. The van der Waals surface area contributed by atoms with Crippen molar-refractivity contribution in [2.75, 3.05) is 39.0 Å². The number of hydrogen-bond donors (Lipinski definition) is 1. The molecule has 0 aromatic carbocycles. The Morgan fingerprint density at radius 3 is 2.62 bits per heavy atom. The fourth-order valence-electron chi connectivity index (χ4n) is 2.19. The lowest BCUT2D eigenvalue weighted by atomic mass is 10.2. The maximum Gasteiger partial charge on any atom is 0.215 e. The van der Waals surface area contributed by atoms with Crippen LogP contribution in [0.5, 0.6) is 0 Å². The summed E-state index contributed by atoms with van der Waals surface area (Å²) < 4.78 is 25.7. The van der Waals surface area contributed by atoms with Crippen LogP contribution in [0.1, 0.15) is 19.8 Å². The van der Waals surface area contributed by atoms with Crippen LogP contribution in [0.3, 0.4) is 0 Å². The second kappa shape index (κ2) is 5.95. The molecule has 16 heavy (non-hydrogen) atoms. The van der Waals surface area contributed by atoms with Gasteiger partial charge in [0.1, 0.15) is 0 Å². The average Bonchev–Trinajstić information content (AvgIpc) is 2.39. The number of sulfonamides is 1. The number of hydrogen-bond acceptors (Lipinski definition) is 4. The lowest BCUT2D eigenvalue weighted by Gasteiger charge is -2.29. The zero-order valence-electron chi connectivity index (χ0n) is 10.2. The van der Waals surface area contributed by atoms with Gasteiger partial charge in [-0.15, -0.1) is 0 Å². The summed E-state index contributed by atoms with van der Waals surface area (Å²) in [6, 6.07) is 0.101. The van der Waals surface area contributed by atoms with Crippen LogP contribution in [0.4, 0.5) is 0 Å². The molecule has 1 rings (SSSR count). The first kappa shape index (κ1) is 13.9. The second-order valence-electron chi connectivity index (χ2n) is 4.39. The molecular weight excluding hydrogens is 226 g/mol. The molecule has 6 heteroatoms. The molecule has 5 nitrogen and oxygen atoms in total. The van der Waals surface area contributed by atoms with E-state index in [1.165, 1.54) is 0 Å². The Morgan fingerprint density at radius 2 is 2.06 bits per heavy atom. The minimum Gasteiger partial charge on any atom is -0.329 e. The van der Waals surface area contributed by atoms with Crippen molar-refractivity contribution in [3.63, 3.8) is 0 Å². The molecule has 1 atom stereocenters. The van der Waals surface area contributed by atoms with Crippen molar-refractivity contribution in [1.29, 1.82) is 0 Å².